The van der Waals surface area contributed by atoms with Crippen molar-refractivity contribution >= 4 is 11.9 Å². The summed E-state index contributed by atoms with van der Waals surface area (Å²) in [6.07, 6.45) is 4.67. The third kappa shape index (κ3) is 2.43. The molecule has 5 heteroatoms. The fourth-order valence-corrected chi connectivity index (χ4v) is 3.45. The molecule has 0 aromatic heterocycles. The highest BCUT2D eigenvalue weighted by Gasteiger charge is 2.52. The number of aliphatic carboxylic acids is 1. The maximum absolute atomic E-state index is 12.7. The molecule has 1 amide bonds. The Bertz CT molecular complexity index is 480. The number of carboxylic acid groups (broad SMARTS) is 1. The zero-order valence-electron chi connectivity index (χ0n) is 11.8. The Morgan fingerprint density at radius 2 is 2.00 bits per heavy atom. The molecule has 1 fully saturated rings. The van der Waals surface area contributed by atoms with E-state index in [2.05, 4.69) is 6.07 Å². The molecule has 0 saturated heterocycles. The lowest BCUT2D eigenvalue weighted by molar-refractivity contribution is -0.151. The Morgan fingerprint density at radius 3 is 2.50 bits per heavy atom. The van der Waals surface area contributed by atoms with Gasteiger partial charge in [-0.05, 0) is 32.1 Å². The molecule has 5 atom stereocenters. The quantitative estimate of drug-likeness (QED) is 0.772. The molecule has 0 aromatic rings. The van der Waals surface area contributed by atoms with Crippen LogP contribution in [0.3, 0.4) is 0 Å². The van der Waals surface area contributed by atoms with E-state index < -0.39 is 17.8 Å². The van der Waals surface area contributed by atoms with Gasteiger partial charge in [0.05, 0.1) is 23.8 Å². The first kappa shape index (κ1) is 14.6. The fraction of sp³-hybridized carbons (Fsp3) is 0.667. The first-order valence-electron chi connectivity index (χ1n) is 7.09. The van der Waals surface area contributed by atoms with Crippen LogP contribution >= 0.6 is 0 Å². The molecule has 5 nitrogen and oxygen atoms in total. The molecule has 0 aliphatic heterocycles. The molecular weight excluding hydrogens is 256 g/mol. The second kappa shape index (κ2) is 5.66. The summed E-state index contributed by atoms with van der Waals surface area (Å²) in [7, 11) is 0. The van der Waals surface area contributed by atoms with E-state index in [1.54, 1.807) is 11.8 Å². The van der Waals surface area contributed by atoms with Crippen LogP contribution in [0.15, 0.2) is 12.2 Å². The molecule has 0 heterocycles. The molecule has 20 heavy (non-hydrogen) atoms. The number of nitrogens with zero attached hydrogens (tertiary/aromatic N) is 2. The average Bonchev–Trinajstić information content (AvgIpc) is 3.03. The highest BCUT2D eigenvalue weighted by atomic mass is 16.4. The lowest BCUT2D eigenvalue weighted by Gasteiger charge is -2.30. The number of amides is 1. The molecule has 2 bridgehead atoms. The molecule has 2 aliphatic rings. The maximum Gasteiger partial charge on any atom is 0.307 e. The van der Waals surface area contributed by atoms with Crippen LogP contribution in [0.2, 0.25) is 0 Å². The van der Waals surface area contributed by atoms with E-state index in [1.807, 2.05) is 19.1 Å². The van der Waals surface area contributed by atoms with Crippen molar-refractivity contribution in [3.05, 3.63) is 12.2 Å². The normalized spacial score (nSPS) is 31.9. The number of nitriles is 1. The lowest BCUT2D eigenvalue weighted by Crippen LogP contribution is -2.44. The summed E-state index contributed by atoms with van der Waals surface area (Å²) >= 11 is 0. The summed E-state index contributed by atoms with van der Waals surface area (Å²) < 4.78 is 0. The van der Waals surface area contributed by atoms with Gasteiger partial charge in [0.25, 0.3) is 0 Å². The zero-order valence-corrected chi connectivity index (χ0v) is 11.8. The molecule has 2 rings (SSSR count). The Morgan fingerprint density at radius 1 is 1.40 bits per heavy atom. The number of rotatable bonds is 5. The zero-order chi connectivity index (χ0) is 14.9. The van der Waals surface area contributed by atoms with Crippen molar-refractivity contribution in [1.29, 1.82) is 5.26 Å². The number of carbonyl (C=O) groups is 2. The minimum atomic E-state index is -0.885. The molecule has 3 unspecified atom stereocenters. The Labute approximate surface area is 118 Å². The number of carboxylic acids is 1. The van der Waals surface area contributed by atoms with Crippen LogP contribution in [0.4, 0.5) is 0 Å². The highest BCUT2D eigenvalue weighted by molar-refractivity contribution is 5.87. The van der Waals surface area contributed by atoms with Crippen molar-refractivity contribution in [2.24, 2.45) is 29.6 Å². The SMILES string of the molecule is CCN(CC(C)C#N)C(=O)[C@H]1C2C=CC(C2)[C@H]1C(=O)O. The molecule has 2 aliphatic carbocycles. The van der Waals surface area contributed by atoms with Crippen LogP contribution in [-0.4, -0.2) is 35.0 Å². The molecule has 1 saturated carbocycles. The lowest BCUT2D eigenvalue weighted by atomic mass is 9.82. The molecule has 0 radical (unpaired) electrons. The summed E-state index contributed by atoms with van der Waals surface area (Å²) in [5, 5.41) is 18.3. The van der Waals surface area contributed by atoms with E-state index in [1.165, 1.54) is 0 Å². The van der Waals surface area contributed by atoms with Crippen molar-refractivity contribution in [2.75, 3.05) is 13.1 Å². The van der Waals surface area contributed by atoms with Crippen LogP contribution in [0.1, 0.15) is 20.3 Å². The van der Waals surface area contributed by atoms with Gasteiger partial charge >= 0.3 is 5.97 Å². The maximum atomic E-state index is 12.7. The summed E-state index contributed by atoms with van der Waals surface area (Å²) in [6, 6.07) is 2.12. The minimum absolute atomic E-state index is 0.0152. The van der Waals surface area contributed by atoms with Gasteiger partial charge in [0, 0.05) is 13.1 Å². The molecule has 0 aromatic carbocycles. The minimum Gasteiger partial charge on any atom is -0.481 e. The smallest absolute Gasteiger partial charge is 0.307 e. The third-order valence-electron chi connectivity index (χ3n) is 4.44. The number of hydrogen-bond acceptors (Lipinski definition) is 3. The van der Waals surface area contributed by atoms with Crippen LogP contribution in [0.25, 0.3) is 0 Å². The molecule has 108 valence electrons. The van der Waals surface area contributed by atoms with Gasteiger partial charge in [-0.25, -0.2) is 0 Å². The van der Waals surface area contributed by atoms with Gasteiger partial charge in [0.2, 0.25) is 5.91 Å². The number of allylic oxidation sites excluding steroid dienone is 2. The average molecular weight is 276 g/mol. The van der Waals surface area contributed by atoms with Gasteiger partial charge in [0.1, 0.15) is 0 Å². The van der Waals surface area contributed by atoms with E-state index in [4.69, 9.17) is 5.26 Å². The predicted octanol–water partition coefficient (Wildman–Crippen LogP) is 1.52. The van der Waals surface area contributed by atoms with Crippen molar-refractivity contribution in [3.63, 3.8) is 0 Å². The second-order valence-corrected chi connectivity index (χ2v) is 5.75. The van der Waals surface area contributed by atoms with Gasteiger partial charge in [-0.1, -0.05) is 12.2 Å². The number of hydrogen-bond donors (Lipinski definition) is 1. The predicted molar refractivity (Wildman–Crippen MR) is 72.4 cm³/mol. The third-order valence-corrected chi connectivity index (χ3v) is 4.44. The van der Waals surface area contributed by atoms with Gasteiger partial charge in [0.15, 0.2) is 0 Å². The van der Waals surface area contributed by atoms with Crippen molar-refractivity contribution in [1.82, 2.24) is 4.90 Å². The van der Waals surface area contributed by atoms with Gasteiger partial charge in [-0.15, -0.1) is 0 Å². The van der Waals surface area contributed by atoms with E-state index in [9.17, 15) is 14.7 Å². The molecular formula is C15H20N2O3. The van der Waals surface area contributed by atoms with Crippen molar-refractivity contribution < 1.29 is 14.7 Å². The van der Waals surface area contributed by atoms with Crippen LogP contribution in [-0.2, 0) is 9.59 Å². The first-order chi connectivity index (χ1) is 9.49. The topological polar surface area (TPSA) is 81.4 Å². The highest BCUT2D eigenvalue weighted by Crippen LogP contribution is 2.48. The second-order valence-electron chi connectivity index (χ2n) is 5.75. The standard InChI is InChI=1S/C15H20N2O3/c1-3-17(8-9(2)7-16)14(18)12-10-4-5-11(6-10)13(12)15(19)20/h4-5,9-13H,3,6,8H2,1-2H3,(H,19,20)/t9?,10?,11?,12-,13+/m0/s1. The van der Waals surface area contributed by atoms with Crippen molar-refractivity contribution in [2.45, 2.75) is 20.3 Å². The monoisotopic (exact) mass is 276 g/mol. The van der Waals surface area contributed by atoms with Crippen LogP contribution in [0, 0.1) is 40.9 Å². The summed E-state index contributed by atoms with van der Waals surface area (Å²) in [6.45, 7) is 4.51. The Balaban J connectivity index is 2.16. The van der Waals surface area contributed by atoms with E-state index >= 15 is 0 Å². The summed E-state index contributed by atoms with van der Waals surface area (Å²) in [4.78, 5) is 25.7. The van der Waals surface area contributed by atoms with E-state index in [0.717, 1.165) is 6.42 Å². The molecule has 0 spiro atoms. The van der Waals surface area contributed by atoms with E-state index in [0.29, 0.717) is 13.1 Å². The Hall–Kier alpha value is -1.83. The fourth-order valence-electron chi connectivity index (χ4n) is 3.45. The van der Waals surface area contributed by atoms with Crippen molar-refractivity contribution in [3.8, 4) is 6.07 Å². The first-order valence-corrected chi connectivity index (χ1v) is 7.09. The van der Waals surface area contributed by atoms with E-state index in [-0.39, 0.29) is 23.7 Å². The Kier molecular flexibility index (Phi) is 4.12. The van der Waals surface area contributed by atoms with Gasteiger partial charge < -0.3 is 10.0 Å². The number of carbonyl (C=O) groups excluding carboxylic acids is 1. The summed E-state index contributed by atoms with van der Waals surface area (Å²) in [5.41, 5.74) is 0. The molecule has 1 N–H and O–H groups in total. The number of fused-ring (bicyclic) bond motifs is 2. The van der Waals surface area contributed by atoms with Gasteiger partial charge in [-0.3, -0.25) is 9.59 Å². The summed E-state index contributed by atoms with van der Waals surface area (Å²) in [5.74, 6) is -2.28. The largest absolute Gasteiger partial charge is 0.481 e. The van der Waals surface area contributed by atoms with Crippen LogP contribution < -0.4 is 0 Å². The van der Waals surface area contributed by atoms with Crippen LogP contribution in [0.5, 0.6) is 0 Å². The van der Waals surface area contributed by atoms with Gasteiger partial charge in [-0.2, -0.15) is 5.26 Å².